The summed E-state index contributed by atoms with van der Waals surface area (Å²) in [5, 5.41) is 0. The Balaban J connectivity index is 2.52. The Bertz CT molecular complexity index is 657. The molecule has 4 heteroatoms. The van der Waals surface area contributed by atoms with Crippen molar-refractivity contribution >= 4 is 27.4 Å². The monoisotopic (exact) mass is 333 g/mol. The largest absolute Gasteiger partial charge is 0.496 e. The minimum atomic E-state index is -0.0574. The smallest absolute Gasteiger partial charge is 0.194 e. The molecule has 0 atom stereocenters. The van der Waals surface area contributed by atoms with Gasteiger partial charge in [0.05, 0.1) is 11.6 Å². The van der Waals surface area contributed by atoms with E-state index in [9.17, 15) is 4.79 Å². The van der Waals surface area contributed by atoms with Gasteiger partial charge in [-0.2, -0.15) is 0 Å². The normalized spacial score (nSPS) is 10.4. The lowest BCUT2D eigenvalue weighted by molar-refractivity contribution is 0.103. The highest BCUT2D eigenvalue weighted by Crippen LogP contribution is 2.29. The summed E-state index contributed by atoms with van der Waals surface area (Å²) in [7, 11) is 1.63. The molecule has 0 spiro atoms. The number of nitrogens with two attached hydrogens (primary N) is 1. The van der Waals surface area contributed by atoms with E-state index in [1.165, 1.54) is 0 Å². The van der Waals surface area contributed by atoms with Gasteiger partial charge in [0.25, 0.3) is 0 Å². The number of benzene rings is 2. The number of aryl methyl sites for hydroxylation is 2. The molecule has 0 aliphatic heterocycles. The first-order chi connectivity index (χ1) is 9.45. The van der Waals surface area contributed by atoms with Crippen LogP contribution >= 0.6 is 15.9 Å². The molecule has 2 rings (SSSR count). The molecule has 0 radical (unpaired) electrons. The highest BCUT2D eigenvalue weighted by molar-refractivity contribution is 9.10. The molecule has 0 heterocycles. The molecule has 2 aromatic rings. The number of carbonyl (C=O) groups is 1. The maximum atomic E-state index is 12.6. The zero-order valence-corrected chi connectivity index (χ0v) is 13.2. The van der Waals surface area contributed by atoms with Crippen LogP contribution in [0.4, 0.5) is 5.69 Å². The SMILES string of the molecule is COc1c(C)cc(C(=O)c2cccc(N)c2Br)cc1C. The molecule has 0 aromatic heterocycles. The molecule has 0 aliphatic carbocycles. The van der Waals surface area contributed by atoms with Gasteiger partial charge in [-0.3, -0.25) is 4.79 Å². The van der Waals surface area contributed by atoms with Gasteiger partial charge in [0.1, 0.15) is 5.75 Å². The molecule has 0 unspecified atom stereocenters. The number of ether oxygens (including phenoxy) is 1. The van der Waals surface area contributed by atoms with E-state index in [0.717, 1.165) is 16.9 Å². The fraction of sp³-hybridized carbons (Fsp3) is 0.188. The van der Waals surface area contributed by atoms with E-state index in [0.29, 0.717) is 21.3 Å². The van der Waals surface area contributed by atoms with Gasteiger partial charge in [0.2, 0.25) is 0 Å². The number of carbonyl (C=O) groups excluding carboxylic acids is 1. The van der Waals surface area contributed by atoms with Crippen LogP contribution in [-0.2, 0) is 0 Å². The van der Waals surface area contributed by atoms with Crippen molar-refractivity contribution in [3.8, 4) is 5.75 Å². The molecule has 3 nitrogen and oxygen atoms in total. The molecule has 2 aromatic carbocycles. The Labute approximate surface area is 126 Å². The number of hydrogen-bond acceptors (Lipinski definition) is 3. The summed E-state index contributed by atoms with van der Waals surface area (Å²) >= 11 is 3.37. The van der Waals surface area contributed by atoms with Gasteiger partial charge in [0.15, 0.2) is 5.78 Å². The number of rotatable bonds is 3. The van der Waals surface area contributed by atoms with Crippen molar-refractivity contribution in [2.45, 2.75) is 13.8 Å². The van der Waals surface area contributed by atoms with Crippen molar-refractivity contribution in [2.75, 3.05) is 12.8 Å². The van der Waals surface area contributed by atoms with Crippen molar-refractivity contribution in [2.24, 2.45) is 0 Å². The van der Waals surface area contributed by atoms with Gasteiger partial charge in [-0.05, 0) is 65.2 Å². The third-order valence-corrected chi connectivity index (χ3v) is 4.08. The number of nitrogen functional groups attached to an aromatic ring is 1. The summed E-state index contributed by atoms with van der Waals surface area (Å²) in [4.78, 5) is 12.6. The fourth-order valence-corrected chi connectivity index (χ4v) is 2.73. The van der Waals surface area contributed by atoms with Gasteiger partial charge >= 0.3 is 0 Å². The lowest BCUT2D eigenvalue weighted by Gasteiger charge is -2.12. The van der Waals surface area contributed by atoms with E-state index in [4.69, 9.17) is 10.5 Å². The first-order valence-electron chi connectivity index (χ1n) is 6.19. The number of ketones is 1. The predicted molar refractivity (Wildman–Crippen MR) is 84.5 cm³/mol. The number of anilines is 1. The topological polar surface area (TPSA) is 52.3 Å². The van der Waals surface area contributed by atoms with Crippen LogP contribution < -0.4 is 10.5 Å². The molecular formula is C16H16BrNO2. The second kappa shape index (κ2) is 5.67. The van der Waals surface area contributed by atoms with Gasteiger partial charge in [0, 0.05) is 16.8 Å². The number of halogens is 1. The van der Waals surface area contributed by atoms with Crippen LogP contribution in [0, 0.1) is 13.8 Å². The van der Waals surface area contributed by atoms with Crippen LogP contribution in [0.15, 0.2) is 34.8 Å². The minimum Gasteiger partial charge on any atom is -0.496 e. The molecule has 0 fully saturated rings. The Kier molecular flexibility index (Phi) is 4.14. The van der Waals surface area contributed by atoms with E-state index in [-0.39, 0.29) is 5.78 Å². The molecular weight excluding hydrogens is 318 g/mol. The van der Waals surface area contributed by atoms with Crippen LogP contribution in [0.25, 0.3) is 0 Å². The summed E-state index contributed by atoms with van der Waals surface area (Å²) in [6, 6.07) is 8.97. The maximum absolute atomic E-state index is 12.6. The second-order valence-electron chi connectivity index (χ2n) is 4.68. The quantitative estimate of drug-likeness (QED) is 0.684. The first-order valence-corrected chi connectivity index (χ1v) is 6.99. The lowest BCUT2D eigenvalue weighted by atomic mass is 9.98. The zero-order chi connectivity index (χ0) is 14.9. The molecule has 20 heavy (non-hydrogen) atoms. The van der Waals surface area contributed by atoms with Crippen molar-refractivity contribution in [3.05, 3.63) is 57.1 Å². The molecule has 0 bridgehead atoms. The van der Waals surface area contributed by atoms with Crippen LogP contribution in [-0.4, -0.2) is 12.9 Å². The Morgan fingerprint density at radius 2 is 1.80 bits per heavy atom. The van der Waals surface area contributed by atoms with Crippen LogP contribution in [0.3, 0.4) is 0 Å². The van der Waals surface area contributed by atoms with Crippen molar-refractivity contribution in [1.82, 2.24) is 0 Å². The molecule has 0 aliphatic rings. The van der Waals surface area contributed by atoms with E-state index >= 15 is 0 Å². The fourth-order valence-electron chi connectivity index (χ4n) is 2.28. The van der Waals surface area contributed by atoms with E-state index in [1.807, 2.05) is 26.0 Å². The first kappa shape index (κ1) is 14.6. The van der Waals surface area contributed by atoms with E-state index < -0.39 is 0 Å². The average Bonchev–Trinajstić information content (AvgIpc) is 2.41. The summed E-state index contributed by atoms with van der Waals surface area (Å²) < 4.78 is 5.95. The van der Waals surface area contributed by atoms with Crippen LogP contribution in [0.2, 0.25) is 0 Å². The van der Waals surface area contributed by atoms with Gasteiger partial charge < -0.3 is 10.5 Å². The molecule has 0 saturated carbocycles. The van der Waals surface area contributed by atoms with Gasteiger partial charge in [-0.15, -0.1) is 0 Å². The van der Waals surface area contributed by atoms with Crippen LogP contribution in [0.1, 0.15) is 27.0 Å². The highest BCUT2D eigenvalue weighted by Gasteiger charge is 2.16. The molecule has 104 valence electrons. The summed E-state index contributed by atoms with van der Waals surface area (Å²) in [6.07, 6.45) is 0. The minimum absolute atomic E-state index is 0.0574. The Morgan fingerprint density at radius 3 is 2.35 bits per heavy atom. The number of methoxy groups -OCH3 is 1. The Morgan fingerprint density at radius 1 is 1.20 bits per heavy atom. The lowest BCUT2D eigenvalue weighted by Crippen LogP contribution is -2.05. The van der Waals surface area contributed by atoms with E-state index in [1.54, 1.807) is 25.3 Å². The van der Waals surface area contributed by atoms with Gasteiger partial charge in [-0.25, -0.2) is 0 Å². The maximum Gasteiger partial charge on any atom is 0.194 e. The third-order valence-electron chi connectivity index (χ3n) is 3.20. The molecule has 0 saturated heterocycles. The van der Waals surface area contributed by atoms with Gasteiger partial charge in [-0.1, -0.05) is 6.07 Å². The van der Waals surface area contributed by atoms with Crippen molar-refractivity contribution in [3.63, 3.8) is 0 Å². The van der Waals surface area contributed by atoms with E-state index in [2.05, 4.69) is 15.9 Å². The van der Waals surface area contributed by atoms with Crippen LogP contribution in [0.5, 0.6) is 5.75 Å². The molecule has 2 N–H and O–H groups in total. The van der Waals surface area contributed by atoms with Crippen molar-refractivity contribution < 1.29 is 9.53 Å². The average molecular weight is 334 g/mol. The Hall–Kier alpha value is -1.81. The standard InChI is InChI=1S/C16H16BrNO2/c1-9-7-11(8-10(2)16(9)20-3)15(19)12-5-4-6-13(18)14(12)17/h4-8H,18H2,1-3H3. The predicted octanol–water partition coefficient (Wildman–Crippen LogP) is 3.89. The zero-order valence-electron chi connectivity index (χ0n) is 11.7. The summed E-state index contributed by atoms with van der Waals surface area (Å²) in [5.74, 6) is 0.756. The summed E-state index contributed by atoms with van der Waals surface area (Å²) in [5.41, 5.74) is 9.45. The van der Waals surface area contributed by atoms with Crippen molar-refractivity contribution in [1.29, 1.82) is 0 Å². The number of hydrogen-bond donors (Lipinski definition) is 1. The summed E-state index contributed by atoms with van der Waals surface area (Å²) in [6.45, 7) is 3.86. The second-order valence-corrected chi connectivity index (χ2v) is 5.47. The highest BCUT2D eigenvalue weighted by atomic mass is 79.9. The third kappa shape index (κ3) is 2.56. The molecule has 0 amide bonds.